The summed E-state index contributed by atoms with van der Waals surface area (Å²) >= 11 is 0. The quantitative estimate of drug-likeness (QED) is 0.104. The Kier molecular flexibility index (Phi) is 20.9. The summed E-state index contributed by atoms with van der Waals surface area (Å²) in [5.74, 6) is -4.63. The third kappa shape index (κ3) is 17.8. The van der Waals surface area contributed by atoms with Crippen LogP contribution in [0.2, 0.25) is 0 Å². The van der Waals surface area contributed by atoms with E-state index in [2.05, 4.69) is 0 Å². The zero-order valence-electron chi connectivity index (χ0n) is 33.9. The molecule has 0 aromatic rings. The number of carbonyl (C=O) groups is 9. The first kappa shape index (κ1) is 49.1. The predicted molar refractivity (Wildman–Crippen MR) is 197 cm³/mol. The van der Waals surface area contributed by atoms with Gasteiger partial charge in [-0.15, -0.1) is 0 Å². The number of hydrogen-bond acceptors (Lipinski definition) is 12. The lowest BCUT2D eigenvalue weighted by Gasteiger charge is -2.27. The van der Waals surface area contributed by atoms with E-state index in [0.29, 0.717) is 0 Å². The van der Waals surface area contributed by atoms with E-state index in [1.165, 1.54) is 68.3 Å². The number of hydrogen-bond donors (Lipinski definition) is 2. The molecule has 1 atom stereocenters. The fraction of sp³-hybridized carbons (Fsp3) is 0.727. The van der Waals surface area contributed by atoms with Crippen LogP contribution in [0, 0.1) is 0 Å². The SMILES string of the molecule is CC(C)N(C)CC(=O)N(C)CC(=O)N(C)CC(=O)N(C)CC(=O)N(C)CC(=O)N(C)CC(=O)N(C)CC(=O)N(C)CC(=O)N(C)CC(=O)N(C)CC(N)O. The zero-order chi connectivity index (χ0) is 42.2. The van der Waals surface area contributed by atoms with Gasteiger partial charge in [-0.2, -0.15) is 0 Å². The molecule has 3 N–H and O–H groups in total. The van der Waals surface area contributed by atoms with Crippen molar-refractivity contribution in [3.8, 4) is 0 Å². The number of carbonyl (C=O) groups excluding carboxylic acids is 9. The van der Waals surface area contributed by atoms with Gasteiger partial charge in [0.2, 0.25) is 53.2 Å². The summed E-state index contributed by atoms with van der Waals surface area (Å²) in [4.78, 5) is 126. The van der Waals surface area contributed by atoms with Crippen LogP contribution >= 0.6 is 0 Å². The molecule has 0 rings (SSSR count). The van der Waals surface area contributed by atoms with Gasteiger partial charge in [-0.1, -0.05) is 0 Å². The third-order valence-electron chi connectivity index (χ3n) is 8.54. The molecule has 0 saturated heterocycles. The fourth-order valence-electron chi connectivity index (χ4n) is 4.19. The molecule has 1 unspecified atom stereocenters. The maximum atomic E-state index is 12.8. The number of nitrogens with two attached hydrogens (primary N) is 1. The minimum Gasteiger partial charge on any atom is -0.377 e. The first-order valence-corrected chi connectivity index (χ1v) is 17.1. The number of aliphatic hydroxyl groups is 1. The number of amides is 9. The van der Waals surface area contributed by atoms with E-state index >= 15 is 0 Å². The van der Waals surface area contributed by atoms with Crippen LogP contribution in [0.3, 0.4) is 0 Å². The summed E-state index contributed by atoms with van der Waals surface area (Å²) in [6.45, 7) is 0.994. The van der Waals surface area contributed by atoms with Crippen molar-refractivity contribution in [2.45, 2.75) is 26.1 Å². The second kappa shape index (κ2) is 23.0. The highest BCUT2D eigenvalue weighted by molar-refractivity contribution is 5.93. The van der Waals surface area contributed by atoms with Gasteiger partial charge in [-0.3, -0.25) is 48.1 Å². The Morgan fingerprint density at radius 1 is 0.370 bits per heavy atom. The smallest absolute Gasteiger partial charge is 0.242 e. The summed E-state index contributed by atoms with van der Waals surface area (Å²) in [7, 11) is 14.3. The molecule has 0 aliphatic carbocycles. The molecular formula is C33H61N11O10. The zero-order valence-corrected chi connectivity index (χ0v) is 33.9. The Labute approximate surface area is 318 Å². The Morgan fingerprint density at radius 3 is 0.704 bits per heavy atom. The molecule has 0 heterocycles. The molecular weight excluding hydrogens is 710 g/mol. The standard InChI is InChI=1S/C33H61N11O10/c1-23(2)35(3)14-25(46)37(5)16-27(48)39(7)18-29(50)41(9)20-31(52)43(11)22-33(54)44(12)21-32(53)42(10)19-30(51)40(8)17-28(49)38(6)15-26(47)36(4)13-24(34)45/h23-24,45H,13-22,34H2,1-12H3. The molecule has 0 aromatic carbocycles. The molecule has 0 aliphatic rings. The molecule has 0 spiro atoms. The van der Waals surface area contributed by atoms with Crippen LogP contribution in [-0.4, -0.2) is 255 Å². The van der Waals surface area contributed by atoms with Crippen molar-refractivity contribution in [1.82, 2.24) is 49.0 Å². The van der Waals surface area contributed by atoms with E-state index < -0.39 is 79.7 Å². The van der Waals surface area contributed by atoms with Gasteiger partial charge in [-0.25, -0.2) is 0 Å². The van der Waals surface area contributed by atoms with Crippen molar-refractivity contribution in [2.24, 2.45) is 5.73 Å². The Hall–Kier alpha value is -4.89. The first-order valence-electron chi connectivity index (χ1n) is 17.1. The lowest BCUT2D eigenvalue weighted by atomic mass is 10.3. The summed E-state index contributed by atoms with van der Waals surface area (Å²) in [5.41, 5.74) is 5.27. The van der Waals surface area contributed by atoms with E-state index in [0.717, 1.165) is 39.2 Å². The highest BCUT2D eigenvalue weighted by Crippen LogP contribution is 2.01. The van der Waals surface area contributed by atoms with Crippen LogP contribution in [0.4, 0.5) is 0 Å². The molecule has 0 fully saturated rings. The first-order chi connectivity index (χ1) is 24.8. The monoisotopic (exact) mass is 771 g/mol. The van der Waals surface area contributed by atoms with Crippen LogP contribution in [-0.2, 0) is 43.2 Å². The van der Waals surface area contributed by atoms with E-state index in [1.807, 2.05) is 18.7 Å². The average molecular weight is 772 g/mol. The van der Waals surface area contributed by atoms with E-state index in [-0.39, 0.29) is 51.2 Å². The lowest BCUT2D eigenvalue weighted by molar-refractivity contribution is -0.146. The van der Waals surface area contributed by atoms with Gasteiger partial charge >= 0.3 is 0 Å². The fourth-order valence-corrected chi connectivity index (χ4v) is 4.19. The molecule has 54 heavy (non-hydrogen) atoms. The molecule has 0 aliphatic heterocycles. The highest BCUT2D eigenvalue weighted by Gasteiger charge is 2.26. The van der Waals surface area contributed by atoms with Gasteiger partial charge in [0.05, 0.1) is 65.4 Å². The van der Waals surface area contributed by atoms with E-state index in [9.17, 15) is 48.3 Å². The van der Waals surface area contributed by atoms with Crippen molar-refractivity contribution < 1.29 is 48.3 Å². The van der Waals surface area contributed by atoms with Gasteiger partial charge in [0.25, 0.3) is 0 Å². The molecule has 21 heteroatoms. The molecule has 9 amide bonds. The number of aliphatic hydroxyl groups excluding tert-OH is 1. The summed E-state index contributed by atoms with van der Waals surface area (Å²) in [6, 6.07) is 0.142. The summed E-state index contributed by atoms with van der Waals surface area (Å²) < 4.78 is 0. The Bertz CT molecular complexity index is 1360. The van der Waals surface area contributed by atoms with Crippen LogP contribution < -0.4 is 5.73 Å². The van der Waals surface area contributed by atoms with Crippen molar-refractivity contribution >= 4 is 53.2 Å². The van der Waals surface area contributed by atoms with Crippen LogP contribution in [0.5, 0.6) is 0 Å². The van der Waals surface area contributed by atoms with Crippen molar-refractivity contribution in [1.29, 1.82) is 0 Å². The lowest BCUT2D eigenvalue weighted by Crippen LogP contribution is -2.49. The average Bonchev–Trinajstić information content (AvgIpc) is 3.06. The maximum absolute atomic E-state index is 12.8. The van der Waals surface area contributed by atoms with E-state index in [4.69, 9.17) is 5.73 Å². The van der Waals surface area contributed by atoms with Crippen molar-refractivity contribution in [2.75, 3.05) is 136 Å². The Morgan fingerprint density at radius 2 is 0.537 bits per heavy atom. The third-order valence-corrected chi connectivity index (χ3v) is 8.54. The van der Waals surface area contributed by atoms with Gasteiger partial charge in [0, 0.05) is 69.5 Å². The summed E-state index contributed by atoms with van der Waals surface area (Å²) in [6.07, 6.45) is -1.23. The minimum absolute atomic E-state index is 0.124. The van der Waals surface area contributed by atoms with Crippen molar-refractivity contribution in [3.05, 3.63) is 0 Å². The van der Waals surface area contributed by atoms with Gasteiger partial charge in [-0.05, 0) is 20.9 Å². The second-order valence-electron chi connectivity index (χ2n) is 13.8. The van der Waals surface area contributed by atoms with Crippen LogP contribution in [0.1, 0.15) is 13.8 Å². The largest absolute Gasteiger partial charge is 0.377 e. The van der Waals surface area contributed by atoms with Gasteiger partial charge in [0.15, 0.2) is 0 Å². The van der Waals surface area contributed by atoms with Crippen LogP contribution in [0.15, 0.2) is 0 Å². The van der Waals surface area contributed by atoms with Gasteiger partial charge in [0.1, 0.15) is 6.23 Å². The summed E-state index contributed by atoms with van der Waals surface area (Å²) in [5, 5.41) is 9.23. The van der Waals surface area contributed by atoms with Gasteiger partial charge < -0.3 is 54.9 Å². The highest BCUT2D eigenvalue weighted by atomic mass is 16.3. The molecule has 0 aromatic heterocycles. The normalized spacial score (nSPS) is 11.3. The second-order valence-corrected chi connectivity index (χ2v) is 13.8. The van der Waals surface area contributed by atoms with E-state index in [1.54, 1.807) is 7.05 Å². The molecule has 308 valence electrons. The molecule has 0 saturated carbocycles. The predicted octanol–water partition coefficient (Wildman–Crippen LogP) is -5.27. The molecule has 0 bridgehead atoms. The van der Waals surface area contributed by atoms with Crippen molar-refractivity contribution in [3.63, 3.8) is 0 Å². The number of rotatable bonds is 21. The minimum atomic E-state index is -1.23. The molecule has 21 nitrogen and oxygen atoms in total. The topological polar surface area (TPSA) is 232 Å². The molecule has 0 radical (unpaired) electrons. The van der Waals surface area contributed by atoms with Crippen LogP contribution in [0.25, 0.3) is 0 Å². The number of likely N-dealkylation sites (N-methyl/N-ethyl adjacent to an activating group) is 10. The maximum Gasteiger partial charge on any atom is 0.242 e. The number of nitrogens with zero attached hydrogens (tertiary/aromatic N) is 10. The Balaban J connectivity index is 4.86.